The smallest absolute Gasteiger partial charge is 0.191 e. The first-order chi connectivity index (χ1) is 11.8. The number of nitrogens with zero attached hydrogens (tertiary/aromatic N) is 3. The third kappa shape index (κ3) is 4.25. The zero-order valence-corrected chi connectivity index (χ0v) is 13.6. The number of aromatic nitrogens is 2. The van der Waals surface area contributed by atoms with Gasteiger partial charge >= 0.3 is 0 Å². The van der Waals surface area contributed by atoms with Gasteiger partial charge in [0.2, 0.25) is 0 Å². The van der Waals surface area contributed by atoms with E-state index in [4.69, 9.17) is 4.42 Å². The lowest BCUT2D eigenvalue weighted by Crippen LogP contribution is -2.37. The molecule has 0 aliphatic rings. The van der Waals surface area contributed by atoms with Gasteiger partial charge in [0.1, 0.15) is 5.76 Å². The second-order valence-electron chi connectivity index (χ2n) is 5.30. The highest BCUT2D eigenvalue weighted by molar-refractivity contribution is 5.79. The zero-order valence-electron chi connectivity index (χ0n) is 13.6. The molecule has 0 spiro atoms. The first-order valence-electron chi connectivity index (χ1n) is 7.91. The van der Waals surface area contributed by atoms with Crippen LogP contribution in [0.3, 0.4) is 0 Å². The molecule has 2 heterocycles. The predicted molar refractivity (Wildman–Crippen MR) is 94.2 cm³/mol. The molecule has 24 heavy (non-hydrogen) atoms. The quantitative estimate of drug-likeness (QED) is 0.540. The number of hydrogen-bond donors (Lipinski definition) is 2. The molecule has 0 fully saturated rings. The van der Waals surface area contributed by atoms with Gasteiger partial charge in [-0.3, -0.25) is 4.99 Å². The molecule has 0 aliphatic heterocycles. The Hall–Kier alpha value is -3.02. The van der Waals surface area contributed by atoms with E-state index < -0.39 is 0 Å². The lowest BCUT2D eigenvalue weighted by Gasteiger charge is -2.12. The van der Waals surface area contributed by atoms with Gasteiger partial charge in [0.15, 0.2) is 5.96 Å². The van der Waals surface area contributed by atoms with Crippen LogP contribution in [0.1, 0.15) is 11.3 Å². The van der Waals surface area contributed by atoms with E-state index in [2.05, 4.69) is 45.0 Å². The molecular weight excluding hydrogens is 302 g/mol. The van der Waals surface area contributed by atoms with E-state index in [9.17, 15) is 0 Å². The number of guanidine groups is 1. The molecule has 0 saturated heterocycles. The monoisotopic (exact) mass is 323 g/mol. The summed E-state index contributed by atoms with van der Waals surface area (Å²) in [6.45, 7) is 1.48. The Morgan fingerprint density at radius 1 is 1.17 bits per heavy atom. The largest absolute Gasteiger partial charge is 0.469 e. The summed E-state index contributed by atoms with van der Waals surface area (Å²) in [5.41, 5.74) is 2.23. The summed E-state index contributed by atoms with van der Waals surface area (Å²) in [5.74, 6) is 1.74. The molecule has 0 bridgehead atoms. The van der Waals surface area contributed by atoms with Crippen molar-refractivity contribution in [3.63, 3.8) is 0 Å². The molecule has 6 nitrogen and oxygen atoms in total. The van der Waals surface area contributed by atoms with Crippen LogP contribution in [-0.2, 0) is 13.0 Å². The van der Waals surface area contributed by atoms with Crippen molar-refractivity contribution in [2.75, 3.05) is 13.6 Å². The van der Waals surface area contributed by atoms with Crippen LogP contribution in [0.4, 0.5) is 0 Å². The van der Waals surface area contributed by atoms with Crippen LogP contribution in [0.15, 0.2) is 70.5 Å². The molecule has 1 aromatic carbocycles. The van der Waals surface area contributed by atoms with Crippen molar-refractivity contribution in [2.45, 2.75) is 13.0 Å². The normalized spacial score (nSPS) is 11.5. The summed E-state index contributed by atoms with van der Waals surface area (Å²) < 4.78 is 7.15. The van der Waals surface area contributed by atoms with Crippen LogP contribution in [0, 0.1) is 0 Å². The number of rotatable bonds is 6. The summed E-state index contributed by atoms with van der Waals surface area (Å²) in [4.78, 5) is 4.23. The molecule has 2 aromatic heterocycles. The van der Waals surface area contributed by atoms with E-state index >= 15 is 0 Å². The summed E-state index contributed by atoms with van der Waals surface area (Å²) in [6.07, 6.45) is 6.22. The summed E-state index contributed by atoms with van der Waals surface area (Å²) in [7, 11) is 1.77. The first kappa shape index (κ1) is 15.9. The summed E-state index contributed by atoms with van der Waals surface area (Å²) in [5, 5.41) is 10.8. The van der Waals surface area contributed by atoms with Crippen molar-refractivity contribution < 1.29 is 4.42 Å². The van der Waals surface area contributed by atoms with Gasteiger partial charge in [0, 0.05) is 39.0 Å². The van der Waals surface area contributed by atoms with Crippen LogP contribution in [0.5, 0.6) is 0 Å². The van der Waals surface area contributed by atoms with Crippen LogP contribution in [0.25, 0.3) is 5.69 Å². The SMILES string of the molecule is CN=C(NCCc1ccco1)NCc1ccc(-n2cccn2)cc1. The minimum Gasteiger partial charge on any atom is -0.469 e. The lowest BCUT2D eigenvalue weighted by molar-refractivity contribution is 0.507. The fourth-order valence-electron chi connectivity index (χ4n) is 2.35. The molecule has 6 heteroatoms. The molecule has 0 saturated carbocycles. The lowest BCUT2D eigenvalue weighted by atomic mass is 10.2. The molecule has 0 atom stereocenters. The predicted octanol–water partition coefficient (Wildman–Crippen LogP) is 2.37. The second kappa shape index (κ2) is 8.01. The van der Waals surface area contributed by atoms with Crippen LogP contribution < -0.4 is 10.6 Å². The Morgan fingerprint density at radius 3 is 2.71 bits per heavy atom. The summed E-state index contributed by atoms with van der Waals surface area (Å²) in [6, 6.07) is 14.1. The average Bonchev–Trinajstić information content (AvgIpc) is 3.32. The maximum atomic E-state index is 5.31. The maximum absolute atomic E-state index is 5.31. The van der Waals surface area contributed by atoms with Crippen molar-refractivity contribution in [2.24, 2.45) is 4.99 Å². The Kier molecular flexibility index (Phi) is 5.29. The Balaban J connectivity index is 1.46. The first-order valence-corrected chi connectivity index (χ1v) is 7.91. The fourth-order valence-corrected chi connectivity index (χ4v) is 2.35. The van der Waals surface area contributed by atoms with E-state index in [1.165, 1.54) is 5.56 Å². The van der Waals surface area contributed by atoms with Gasteiger partial charge in [0.25, 0.3) is 0 Å². The van der Waals surface area contributed by atoms with Gasteiger partial charge in [-0.2, -0.15) is 5.10 Å². The number of aliphatic imine (C=N–C) groups is 1. The standard InChI is InChI=1S/C18H21N5O/c1-19-18(20-11-9-17-4-2-13-24-17)21-14-15-5-7-16(8-6-15)23-12-3-10-22-23/h2-8,10,12-13H,9,11,14H2,1H3,(H2,19,20,21). The van der Waals surface area contributed by atoms with Crippen molar-refractivity contribution in [1.82, 2.24) is 20.4 Å². The Morgan fingerprint density at radius 2 is 2.04 bits per heavy atom. The summed E-state index contributed by atoms with van der Waals surface area (Å²) >= 11 is 0. The molecule has 0 amide bonds. The molecule has 0 aliphatic carbocycles. The minimum absolute atomic E-state index is 0.708. The molecule has 0 unspecified atom stereocenters. The highest BCUT2D eigenvalue weighted by atomic mass is 16.3. The van der Waals surface area contributed by atoms with E-state index in [0.29, 0.717) is 6.54 Å². The van der Waals surface area contributed by atoms with E-state index in [-0.39, 0.29) is 0 Å². The van der Waals surface area contributed by atoms with Gasteiger partial charge < -0.3 is 15.1 Å². The fraction of sp³-hybridized carbons (Fsp3) is 0.222. The van der Waals surface area contributed by atoms with Crippen LogP contribution in [0.2, 0.25) is 0 Å². The van der Waals surface area contributed by atoms with Crippen molar-refractivity contribution in [3.8, 4) is 5.69 Å². The van der Waals surface area contributed by atoms with Gasteiger partial charge in [-0.15, -0.1) is 0 Å². The molecule has 3 aromatic rings. The van der Waals surface area contributed by atoms with E-state index in [1.54, 1.807) is 19.5 Å². The zero-order chi connectivity index (χ0) is 16.6. The number of furan rings is 1. The Labute approximate surface area is 141 Å². The van der Waals surface area contributed by atoms with Crippen LogP contribution in [-0.4, -0.2) is 29.3 Å². The highest BCUT2D eigenvalue weighted by Crippen LogP contribution is 2.08. The molecule has 0 radical (unpaired) electrons. The van der Waals surface area contributed by atoms with Gasteiger partial charge in [-0.05, 0) is 35.9 Å². The van der Waals surface area contributed by atoms with Gasteiger partial charge in [-0.25, -0.2) is 4.68 Å². The van der Waals surface area contributed by atoms with Crippen molar-refractivity contribution in [3.05, 3.63) is 72.4 Å². The van der Waals surface area contributed by atoms with E-state index in [0.717, 1.165) is 30.4 Å². The molecule has 3 rings (SSSR count). The number of benzene rings is 1. The van der Waals surface area contributed by atoms with Gasteiger partial charge in [0.05, 0.1) is 12.0 Å². The topological polar surface area (TPSA) is 67.4 Å². The third-order valence-electron chi connectivity index (χ3n) is 3.63. The third-order valence-corrected chi connectivity index (χ3v) is 3.63. The number of nitrogens with one attached hydrogen (secondary N) is 2. The van der Waals surface area contributed by atoms with Crippen molar-refractivity contribution in [1.29, 1.82) is 0 Å². The average molecular weight is 323 g/mol. The number of hydrogen-bond acceptors (Lipinski definition) is 3. The van der Waals surface area contributed by atoms with Gasteiger partial charge in [-0.1, -0.05) is 12.1 Å². The molecule has 2 N–H and O–H groups in total. The maximum Gasteiger partial charge on any atom is 0.191 e. The van der Waals surface area contributed by atoms with Crippen molar-refractivity contribution >= 4 is 5.96 Å². The van der Waals surface area contributed by atoms with Crippen LogP contribution >= 0.6 is 0 Å². The molecular formula is C18H21N5O. The highest BCUT2D eigenvalue weighted by Gasteiger charge is 2.01. The molecule has 124 valence electrons. The minimum atomic E-state index is 0.708. The second-order valence-corrected chi connectivity index (χ2v) is 5.30. The van der Waals surface area contributed by atoms with E-state index in [1.807, 2.05) is 29.1 Å². The Bertz CT molecular complexity index is 745.